The van der Waals surface area contributed by atoms with Crippen molar-refractivity contribution in [2.24, 2.45) is 7.05 Å². The van der Waals surface area contributed by atoms with Crippen LogP contribution in [0.25, 0.3) is 10.9 Å². The van der Waals surface area contributed by atoms with E-state index in [-0.39, 0.29) is 29.8 Å². The second kappa shape index (κ2) is 22.5. The molecule has 15 nitrogen and oxygen atoms in total. The Bertz CT molecular complexity index is 2090. The zero-order valence-corrected chi connectivity index (χ0v) is 38.1. The Balaban J connectivity index is 0.000000225. The van der Waals surface area contributed by atoms with E-state index < -0.39 is 0 Å². The molecule has 16 heteroatoms. The van der Waals surface area contributed by atoms with E-state index in [9.17, 15) is 14.4 Å². The van der Waals surface area contributed by atoms with Crippen LogP contribution in [0.2, 0.25) is 0 Å². The van der Waals surface area contributed by atoms with Crippen LogP contribution >= 0.6 is 11.9 Å². The smallest absolute Gasteiger partial charge is 0.236 e. The first kappa shape index (κ1) is 46.7. The Labute approximate surface area is 371 Å². The third-order valence-corrected chi connectivity index (χ3v) is 13.4. The van der Waals surface area contributed by atoms with Gasteiger partial charge in [0.05, 0.1) is 17.0 Å². The number of hydrogen-bond donors (Lipinski definition) is 5. The Kier molecular flexibility index (Phi) is 17.0. The number of piperidine rings is 1. The fraction of sp³-hybridized carbons (Fsp3) is 0.565. The van der Waals surface area contributed by atoms with Gasteiger partial charge in [0.2, 0.25) is 24.2 Å². The molecule has 1 atom stereocenters. The number of nitrogens with one attached hydrogen (secondary N) is 4. The predicted octanol–water partition coefficient (Wildman–Crippen LogP) is 6.86. The zero-order chi connectivity index (χ0) is 44.1. The molecule has 62 heavy (non-hydrogen) atoms. The minimum Gasteiger partial charge on any atom is -0.393 e. The van der Waals surface area contributed by atoms with E-state index in [1.165, 1.54) is 67.8 Å². The summed E-state index contributed by atoms with van der Waals surface area (Å²) < 4.78 is 4.32. The van der Waals surface area contributed by atoms with Crippen LogP contribution in [0.1, 0.15) is 109 Å². The number of piperazine rings is 1. The summed E-state index contributed by atoms with van der Waals surface area (Å²) in [6.07, 6.45) is 14.3. The van der Waals surface area contributed by atoms with Crippen LogP contribution in [0, 0.1) is 0 Å². The quantitative estimate of drug-likeness (QED) is 0.0603. The van der Waals surface area contributed by atoms with Crippen LogP contribution in [0.5, 0.6) is 0 Å². The molecular weight excluding hydrogens is 803 g/mol. The molecule has 4 fully saturated rings. The first-order valence-electron chi connectivity index (χ1n) is 22.7. The molecule has 1 spiro atoms. The first-order chi connectivity index (χ1) is 30.2. The molecule has 5 aliphatic rings. The van der Waals surface area contributed by atoms with E-state index in [0.717, 1.165) is 68.3 Å². The number of rotatable bonds is 11. The predicted molar refractivity (Wildman–Crippen MR) is 250 cm³/mol. The van der Waals surface area contributed by atoms with E-state index in [1.807, 2.05) is 43.6 Å². The van der Waals surface area contributed by atoms with Crippen molar-refractivity contribution in [2.75, 3.05) is 73.7 Å². The molecule has 5 heterocycles. The van der Waals surface area contributed by atoms with Crippen LogP contribution < -0.4 is 26.2 Å². The fourth-order valence-electron chi connectivity index (χ4n) is 8.49. The Morgan fingerprint density at radius 3 is 2.39 bits per heavy atom. The molecule has 5 N–H and O–H groups in total. The van der Waals surface area contributed by atoms with Crippen molar-refractivity contribution >= 4 is 64.3 Å². The maximum atomic E-state index is 12.2. The van der Waals surface area contributed by atoms with Crippen molar-refractivity contribution in [3.63, 3.8) is 0 Å². The number of aryl methyl sites for hydroxylation is 1. The minimum absolute atomic E-state index is 0.0359. The highest BCUT2D eigenvalue weighted by atomic mass is 32.2. The summed E-state index contributed by atoms with van der Waals surface area (Å²) in [5.74, 6) is 1.67. The van der Waals surface area contributed by atoms with Gasteiger partial charge in [0, 0.05) is 100 Å². The molecule has 9 rings (SSSR count). The van der Waals surface area contributed by atoms with Crippen molar-refractivity contribution in [1.29, 1.82) is 0 Å². The Morgan fingerprint density at radius 2 is 1.73 bits per heavy atom. The van der Waals surface area contributed by atoms with E-state index in [4.69, 9.17) is 5.11 Å². The van der Waals surface area contributed by atoms with Gasteiger partial charge in [0.15, 0.2) is 5.82 Å². The second-order valence-electron chi connectivity index (χ2n) is 16.4. The molecule has 4 aromatic rings. The molecule has 2 saturated heterocycles. The number of nitrogens with zero attached hydrogens (tertiary/aromatic N) is 7. The maximum Gasteiger partial charge on any atom is 0.236 e. The van der Waals surface area contributed by atoms with Gasteiger partial charge in [-0.2, -0.15) is 10.1 Å². The molecule has 2 saturated carbocycles. The highest BCUT2D eigenvalue weighted by Crippen LogP contribution is 2.54. The van der Waals surface area contributed by atoms with Crippen molar-refractivity contribution in [2.45, 2.75) is 114 Å². The highest BCUT2D eigenvalue weighted by molar-refractivity contribution is 7.97. The molecule has 2 aliphatic carbocycles. The summed E-state index contributed by atoms with van der Waals surface area (Å²) in [7, 11) is 3.65. The van der Waals surface area contributed by atoms with Crippen LogP contribution in [-0.2, 0) is 26.8 Å². The normalized spacial score (nSPS) is 18.7. The SMILES string of the molecule is CC.CNc1ncc2c(n1)NC(=O)C21CC1.C[C@H](c1cccc(SN2CCCCC2)c1)N1CCN(c2ccc3c(NC(=O)CCNC=O)nn(C)c3c2)CC1.OC1CCCCC1. The zero-order valence-electron chi connectivity index (χ0n) is 37.3. The lowest BCUT2D eigenvalue weighted by Gasteiger charge is -2.39. The largest absolute Gasteiger partial charge is 0.393 e. The number of fused-ring (bicyclic) bond motifs is 3. The number of hydrogen-bond acceptors (Lipinski definition) is 12. The van der Waals surface area contributed by atoms with Crippen molar-refractivity contribution in [1.82, 2.24) is 34.3 Å². The number of aromatic nitrogens is 4. The van der Waals surface area contributed by atoms with Crippen LogP contribution in [-0.4, -0.2) is 111 Å². The first-order valence-corrected chi connectivity index (χ1v) is 23.4. The minimum atomic E-state index is -0.276. The lowest BCUT2D eigenvalue weighted by Crippen LogP contribution is -2.47. The number of benzene rings is 2. The summed E-state index contributed by atoms with van der Waals surface area (Å²) in [5, 5.41) is 25.4. The maximum absolute atomic E-state index is 12.2. The summed E-state index contributed by atoms with van der Waals surface area (Å²) in [4.78, 5) is 48.9. The molecule has 0 unspecified atom stereocenters. The number of carbonyl (C=O) groups excluding carboxylic acids is 3. The number of anilines is 4. The highest BCUT2D eigenvalue weighted by Gasteiger charge is 2.57. The van der Waals surface area contributed by atoms with Gasteiger partial charge in [-0.1, -0.05) is 51.7 Å². The van der Waals surface area contributed by atoms with Crippen molar-refractivity contribution in [3.8, 4) is 0 Å². The monoisotopic (exact) mass is 870 g/mol. The van der Waals surface area contributed by atoms with Gasteiger partial charge in [-0.3, -0.25) is 24.0 Å². The van der Waals surface area contributed by atoms with Crippen molar-refractivity contribution < 1.29 is 19.5 Å². The molecule has 0 radical (unpaired) electrons. The molecule has 336 valence electrons. The number of amides is 3. The molecule has 3 aliphatic heterocycles. The van der Waals surface area contributed by atoms with Gasteiger partial charge in [0.1, 0.15) is 5.82 Å². The third-order valence-electron chi connectivity index (χ3n) is 12.3. The molecule has 2 aromatic carbocycles. The average Bonchev–Trinajstić information content (AvgIpc) is 4.00. The topological polar surface area (TPSA) is 173 Å². The van der Waals surface area contributed by atoms with Crippen LogP contribution in [0.15, 0.2) is 53.6 Å². The Hall–Kier alpha value is -4.77. The Morgan fingerprint density at radius 1 is 1.00 bits per heavy atom. The van der Waals surface area contributed by atoms with Crippen molar-refractivity contribution in [3.05, 3.63) is 59.8 Å². The van der Waals surface area contributed by atoms with Gasteiger partial charge >= 0.3 is 0 Å². The lowest BCUT2D eigenvalue weighted by atomic mass is 9.98. The molecule has 2 aromatic heterocycles. The number of carbonyl (C=O) groups is 3. The van der Waals surface area contributed by atoms with E-state index in [2.05, 4.69) is 93.8 Å². The van der Waals surface area contributed by atoms with Crippen LogP contribution in [0.3, 0.4) is 0 Å². The molecule has 3 amide bonds. The van der Waals surface area contributed by atoms with E-state index >= 15 is 0 Å². The summed E-state index contributed by atoms with van der Waals surface area (Å²) in [5.41, 5.74) is 4.22. The number of aliphatic hydroxyl groups is 1. The van der Waals surface area contributed by atoms with Gasteiger partial charge in [-0.15, -0.1) is 0 Å². The fourth-order valence-corrected chi connectivity index (χ4v) is 9.56. The average molecular weight is 870 g/mol. The number of aliphatic hydroxyl groups excluding tert-OH is 1. The third kappa shape index (κ3) is 11.8. The van der Waals surface area contributed by atoms with Gasteiger partial charge < -0.3 is 31.3 Å². The summed E-state index contributed by atoms with van der Waals surface area (Å²) in [6, 6.07) is 15.8. The summed E-state index contributed by atoms with van der Waals surface area (Å²) >= 11 is 1.91. The van der Waals surface area contributed by atoms with Gasteiger partial charge in [0.25, 0.3) is 0 Å². The standard InChI is InChI=1S/C29H39N7O2S.C9H10N4O.C6H12O.C2H6/c1-22(23-7-6-8-25(19-23)39-36-13-4-3-5-14-36)34-15-17-35(18-16-34)24-9-10-26-27(20-24)33(2)32-29(26)31-28(38)11-12-30-21-37;1-10-8-11-4-5-6(13-8)12-7(14)9(5)2-3-9;7-6-4-2-1-3-5-6;1-2/h6-10,19-22H,3-5,11-18H2,1-2H3,(H,30,37)(H,31,32,38);4H,2-3H2,1H3,(H2,10,11,12,13,14);6-7H,1-5H2;1-2H3/t22-;;;/m1.../s1. The molecular formula is C46H67N11O4S. The van der Waals surface area contributed by atoms with E-state index in [1.54, 1.807) is 13.2 Å². The second-order valence-corrected chi connectivity index (χ2v) is 17.6. The van der Waals surface area contributed by atoms with Crippen LogP contribution in [0.4, 0.5) is 23.3 Å². The van der Waals surface area contributed by atoms with E-state index in [0.29, 0.717) is 36.6 Å². The van der Waals surface area contributed by atoms with Gasteiger partial charge in [-0.25, -0.2) is 9.29 Å². The lowest BCUT2D eigenvalue weighted by molar-refractivity contribution is -0.118. The van der Waals surface area contributed by atoms with Gasteiger partial charge in [-0.05, 0) is 93.3 Å². The summed E-state index contributed by atoms with van der Waals surface area (Å²) in [6.45, 7) is 12.9. The molecule has 0 bridgehead atoms.